The van der Waals surface area contributed by atoms with Crippen LogP contribution in [0.5, 0.6) is 0 Å². The molecule has 4 rings (SSSR count). The van der Waals surface area contributed by atoms with Gasteiger partial charge in [0.15, 0.2) is 0 Å². The van der Waals surface area contributed by atoms with Crippen LogP contribution in [0.1, 0.15) is 18.4 Å². The van der Waals surface area contributed by atoms with E-state index >= 15 is 0 Å². The number of nitrogens with zero attached hydrogens (tertiary/aromatic N) is 4. The highest BCUT2D eigenvalue weighted by molar-refractivity contribution is 5.57. The first-order valence-corrected chi connectivity index (χ1v) is 7.96. The standard InChI is InChI=1S/C17H18N4O2/c1-2-14(7-6-13-4-5-13)10-15(3-1)17-18-20-21(19-17)11-16-12-22-8-9-23-16/h1-3,10,13,16H,4-5,8-9,11-12H2/t16-/m0/s1. The summed E-state index contributed by atoms with van der Waals surface area (Å²) in [5.41, 5.74) is 1.93. The molecule has 0 spiro atoms. The SMILES string of the molecule is C(#CC1CC1)c1cccc(-c2nnn(C[C@H]3COCCO3)n2)c1. The van der Waals surface area contributed by atoms with Crippen molar-refractivity contribution in [3.05, 3.63) is 29.8 Å². The number of aromatic nitrogens is 4. The van der Waals surface area contributed by atoms with Crippen molar-refractivity contribution in [2.75, 3.05) is 19.8 Å². The van der Waals surface area contributed by atoms with Crippen LogP contribution in [0.3, 0.4) is 0 Å². The summed E-state index contributed by atoms with van der Waals surface area (Å²) in [4.78, 5) is 1.57. The molecule has 6 nitrogen and oxygen atoms in total. The Morgan fingerprint density at radius 2 is 2.22 bits per heavy atom. The van der Waals surface area contributed by atoms with Crippen molar-refractivity contribution in [3.63, 3.8) is 0 Å². The molecular formula is C17H18N4O2. The summed E-state index contributed by atoms with van der Waals surface area (Å²) in [7, 11) is 0. The van der Waals surface area contributed by atoms with Gasteiger partial charge in [-0.1, -0.05) is 24.0 Å². The maximum absolute atomic E-state index is 5.60. The molecule has 1 aliphatic heterocycles. The molecule has 0 unspecified atom stereocenters. The Hall–Kier alpha value is -2.23. The quantitative estimate of drug-likeness (QED) is 0.804. The molecule has 1 aromatic heterocycles. The molecule has 1 atom stereocenters. The first-order valence-electron chi connectivity index (χ1n) is 7.96. The van der Waals surface area contributed by atoms with Crippen LogP contribution in [0.25, 0.3) is 11.4 Å². The van der Waals surface area contributed by atoms with E-state index in [0.717, 1.165) is 11.1 Å². The molecule has 2 heterocycles. The highest BCUT2D eigenvalue weighted by atomic mass is 16.6. The zero-order valence-electron chi connectivity index (χ0n) is 12.8. The van der Waals surface area contributed by atoms with Crippen LogP contribution in [0.15, 0.2) is 24.3 Å². The van der Waals surface area contributed by atoms with Gasteiger partial charge < -0.3 is 9.47 Å². The molecule has 0 amide bonds. The van der Waals surface area contributed by atoms with E-state index in [1.165, 1.54) is 12.8 Å². The Labute approximate surface area is 134 Å². The first-order chi connectivity index (χ1) is 11.4. The third kappa shape index (κ3) is 3.76. The molecule has 1 aromatic carbocycles. The summed E-state index contributed by atoms with van der Waals surface area (Å²) in [6.07, 6.45) is 2.45. The minimum Gasteiger partial charge on any atom is -0.376 e. The fourth-order valence-electron chi connectivity index (χ4n) is 2.41. The number of hydrogen-bond donors (Lipinski definition) is 0. The average Bonchev–Trinajstić information content (AvgIpc) is 3.32. The Bertz CT molecular complexity index is 736. The molecule has 6 heteroatoms. The number of hydrogen-bond acceptors (Lipinski definition) is 5. The van der Waals surface area contributed by atoms with Crippen LogP contribution in [0.4, 0.5) is 0 Å². The van der Waals surface area contributed by atoms with Gasteiger partial charge in [-0.3, -0.25) is 0 Å². The summed E-state index contributed by atoms with van der Waals surface area (Å²) >= 11 is 0. The summed E-state index contributed by atoms with van der Waals surface area (Å²) in [6, 6.07) is 7.97. The molecule has 23 heavy (non-hydrogen) atoms. The lowest BCUT2D eigenvalue weighted by molar-refractivity contribution is -0.0959. The molecule has 2 fully saturated rings. The minimum atomic E-state index is -0.0125. The van der Waals surface area contributed by atoms with Gasteiger partial charge in [0, 0.05) is 17.0 Å². The van der Waals surface area contributed by atoms with Crippen molar-refractivity contribution in [1.29, 1.82) is 0 Å². The molecule has 1 saturated carbocycles. The smallest absolute Gasteiger partial charge is 0.204 e. The fraction of sp³-hybridized carbons (Fsp3) is 0.471. The monoisotopic (exact) mass is 310 g/mol. The molecule has 1 saturated heterocycles. The van der Waals surface area contributed by atoms with Gasteiger partial charge in [-0.15, -0.1) is 10.2 Å². The van der Waals surface area contributed by atoms with Crippen LogP contribution in [0, 0.1) is 17.8 Å². The van der Waals surface area contributed by atoms with E-state index in [9.17, 15) is 0 Å². The first kappa shape index (κ1) is 14.4. The van der Waals surface area contributed by atoms with E-state index < -0.39 is 0 Å². The number of ether oxygens (including phenoxy) is 2. The second-order valence-electron chi connectivity index (χ2n) is 5.86. The molecule has 0 bridgehead atoms. The average molecular weight is 310 g/mol. The molecule has 2 aromatic rings. The summed E-state index contributed by atoms with van der Waals surface area (Å²) in [6.45, 7) is 2.40. The number of benzene rings is 1. The predicted molar refractivity (Wildman–Crippen MR) is 83.4 cm³/mol. The van der Waals surface area contributed by atoms with Gasteiger partial charge in [0.25, 0.3) is 0 Å². The van der Waals surface area contributed by atoms with Crippen molar-refractivity contribution in [2.24, 2.45) is 5.92 Å². The topological polar surface area (TPSA) is 62.1 Å². The highest BCUT2D eigenvalue weighted by Gasteiger charge is 2.18. The lowest BCUT2D eigenvalue weighted by atomic mass is 10.1. The molecule has 1 aliphatic carbocycles. The van der Waals surface area contributed by atoms with Gasteiger partial charge in [-0.25, -0.2) is 0 Å². The van der Waals surface area contributed by atoms with Gasteiger partial charge in [-0.2, -0.15) is 4.80 Å². The van der Waals surface area contributed by atoms with E-state index in [0.29, 0.717) is 38.1 Å². The van der Waals surface area contributed by atoms with E-state index in [1.807, 2.05) is 24.3 Å². The lowest BCUT2D eigenvalue weighted by Gasteiger charge is -2.21. The number of rotatable bonds is 3. The Kier molecular flexibility index (Phi) is 4.05. The van der Waals surface area contributed by atoms with Crippen molar-refractivity contribution in [2.45, 2.75) is 25.5 Å². The molecule has 0 N–H and O–H groups in total. The van der Waals surface area contributed by atoms with E-state index in [1.54, 1.807) is 4.80 Å². The van der Waals surface area contributed by atoms with Crippen molar-refractivity contribution in [3.8, 4) is 23.2 Å². The molecule has 118 valence electrons. The van der Waals surface area contributed by atoms with Crippen LogP contribution in [-0.4, -0.2) is 46.1 Å². The van der Waals surface area contributed by atoms with Crippen molar-refractivity contribution in [1.82, 2.24) is 20.2 Å². The largest absolute Gasteiger partial charge is 0.376 e. The maximum Gasteiger partial charge on any atom is 0.204 e. The van der Waals surface area contributed by atoms with Gasteiger partial charge in [0.1, 0.15) is 6.10 Å². The van der Waals surface area contributed by atoms with Crippen LogP contribution in [0.2, 0.25) is 0 Å². The fourth-order valence-corrected chi connectivity index (χ4v) is 2.41. The highest BCUT2D eigenvalue weighted by Crippen LogP contribution is 2.27. The van der Waals surface area contributed by atoms with E-state index in [4.69, 9.17) is 9.47 Å². The molecule has 0 radical (unpaired) electrons. The molecular weight excluding hydrogens is 292 g/mol. The second-order valence-corrected chi connectivity index (χ2v) is 5.86. The minimum absolute atomic E-state index is 0.0125. The van der Waals surface area contributed by atoms with E-state index in [2.05, 4.69) is 27.3 Å². The van der Waals surface area contributed by atoms with Crippen molar-refractivity contribution < 1.29 is 9.47 Å². The Morgan fingerprint density at radius 3 is 3.04 bits per heavy atom. The van der Waals surface area contributed by atoms with Gasteiger partial charge in [0.05, 0.1) is 26.4 Å². The maximum atomic E-state index is 5.60. The van der Waals surface area contributed by atoms with Crippen LogP contribution >= 0.6 is 0 Å². The summed E-state index contributed by atoms with van der Waals surface area (Å²) in [5, 5.41) is 12.7. The van der Waals surface area contributed by atoms with Gasteiger partial charge in [0.2, 0.25) is 5.82 Å². The van der Waals surface area contributed by atoms with Crippen LogP contribution in [-0.2, 0) is 16.0 Å². The van der Waals surface area contributed by atoms with Crippen molar-refractivity contribution >= 4 is 0 Å². The summed E-state index contributed by atoms with van der Waals surface area (Å²) in [5.74, 6) is 7.69. The predicted octanol–water partition coefficient (Wildman–Crippen LogP) is 1.52. The molecule has 2 aliphatic rings. The third-order valence-corrected chi connectivity index (χ3v) is 3.82. The second kappa shape index (κ2) is 6.49. The Morgan fingerprint density at radius 1 is 1.26 bits per heavy atom. The van der Waals surface area contributed by atoms with Gasteiger partial charge in [-0.05, 0) is 30.2 Å². The Balaban J connectivity index is 1.47. The van der Waals surface area contributed by atoms with Gasteiger partial charge >= 0.3 is 0 Å². The lowest BCUT2D eigenvalue weighted by Crippen LogP contribution is -2.32. The third-order valence-electron chi connectivity index (χ3n) is 3.82. The van der Waals surface area contributed by atoms with E-state index in [-0.39, 0.29) is 6.10 Å². The normalized spacial score (nSPS) is 20.8. The summed E-state index contributed by atoms with van der Waals surface area (Å²) < 4.78 is 11.0. The zero-order chi connectivity index (χ0) is 15.5. The van der Waals surface area contributed by atoms with Crippen LogP contribution < -0.4 is 0 Å². The number of tetrazole rings is 1. The zero-order valence-corrected chi connectivity index (χ0v) is 12.8.